The van der Waals surface area contributed by atoms with Crippen LogP contribution in [0.15, 0.2) is 59.5 Å². The van der Waals surface area contributed by atoms with E-state index in [1.54, 1.807) is 0 Å². The molecule has 0 aliphatic rings. The molecule has 0 radical (unpaired) electrons. The summed E-state index contributed by atoms with van der Waals surface area (Å²) in [5.41, 5.74) is 2.53. The zero-order valence-corrected chi connectivity index (χ0v) is 19.8. The average Bonchev–Trinajstić information content (AvgIpc) is 2.90. The minimum atomic E-state index is -5.26. The van der Waals surface area contributed by atoms with E-state index in [4.69, 9.17) is 9.94 Å². The van der Waals surface area contributed by atoms with E-state index in [2.05, 4.69) is 0 Å². The van der Waals surface area contributed by atoms with Gasteiger partial charge in [-0.3, -0.25) is 10.0 Å². The Balaban J connectivity index is 2.04. The van der Waals surface area contributed by atoms with Crippen LogP contribution in [0.3, 0.4) is 0 Å². The lowest BCUT2D eigenvalue weighted by molar-refractivity contribution is -0.124. The SMILES string of the molecule is COc1ccc(CN(Cc2ccc(/C=C/C(=O)NO)cc2)S(=O)(=O)c2c(F)c(F)c(F)c(F)c2F)cc1. The van der Waals surface area contributed by atoms with Gasteiger partial charge in [0.1, 0.15) is 5.75 Å². The van der Waals surface area contributed by atoms with Crippen molar-refractivity contribution in [2.45, 2.75) is 18.0 Å². The molecule has 3 aromatic rings. The molecule has 3 aromatic carbocycles. The molecule has 0 saturated heterocycles. The molecule has 7 nitrogen and oxygen atoms in total. The Kier molecular flexibility index (Phi) is 8.63. The van der Waals surface area contributed by atoms with Gasteiger partial charge in [-0.25, -0.2) is 35.8 Å². The first kappa shape index (κ1) is 27.8. The van der Waals surface area contributed by atoms with E-state index < -0.39 is 63.0 Å². The quantitative estimate of drug-likeness (QED) is 0.105. The van der Waals surface area contributed by atoms with E-state index >= 15 is 0 Å². The summed E-state index contributed by atoms with van der Waals surface area (Å²) in [6, 6.07) is 11.8. The zero-order valence-electron chi connectivity index (χ0n) is 19.0. The van der Waals surface area contributed by atoms with Crippen LogP contribution < -0.4 is 10.2 Å². The van der Waals surface area contributed by atoms with E-state index in [1.165, 1.54) is 67.2 Å². The molecule has 0 aliphatic heterocycles. The molecule has 37 heavy (non-hydrogen) atoms. The third-order valence-electron chi connectivity index (χ3n) is 5.16. The highest BCUT2D eigenvalue weighted by atomic mass is 32.2. The summed E-state index contributed by atoms with van der Waals surface area (Å²) in [5, 5.41) is 8.52. The molecule has 0 aliphatic carbocycles. The number of ether oxygens (including phenoxy) is 1. The number of carbonyl (C=O) groups excluding carboxylic acids is 1. The number of methoxy groups -OCH3 is 1. The molecule has 196 valence electrons. The fourth-order valence-corrected chi connectivity index (χ4v) is 4.78. The second-order valence-corrected chi connectivity index (χ2v) is 9.45. The number of hydrogen-bond donors (Lipinski definition) is 2. The molecule has 3 rings (SSSR count). The number of halogens is 5. The summed E-state index contributed by atoms with van der Waals surface area (Å²) < 4.78 is 102. The van der Waals surface area contributed by atoms with Crippen molar-refractivity contribution in [1.82, 2.24) is 9.79 Å². The predicted molar refractivity (Wildman–Crippen MR) is 121 cm³/mol. The van der Waals surface area contributed by atoms with Crippen LogP contribution in [-0.4, -0.2) is 30.9 Å². The Bertz CT molecular complexity index is 1400. The first-order valence-electron chi connectivity index (χ1n) is 10.3. The lowest BCUT2D eigenvalue weighted by Crippen LogP contribution is -2.32. The van der Waals surface area contributed by atoms with Crippen molar-refractivity contribution in [3.8, 4) is 5.75 Å². The molecule has 0 aromatic heterocycles. The molecular formula is C24H19F5N2O5S. The Hall–Kier alpha value is -3.81. The van der Waals surface area contributed by atoms with E-state index in [-0.39, 0.29) is 0 Å². The maximum atomic E-state index is 14.5. The van der Waals surface area contributed by atoms with E-state index in [0.717, 1.165) is 6.08 Å². The van der Waals surface area contributed by atoms with E-state index in [1.807, 2.05) is 0 Å². The molecule has 13 heteroatoms. The summed E-state index contributed by atoms with van der Waals surface area (Å²) in [5.74, 6) is -12.5. The lowest BCUT2D eigenvalue weighted by Gasteiger charge is -2.23. The van der Waals surface area contributed by atoms with Gasteiger partial charge in [-0.1, -0.05) is 36.4 Å². The second kappa shape index (κ2) is 11.5. The van der Waals surface area contributed by atoms with Crippen LogP contribution in [0.4, 0.5) is 22.0 Å². The minimum Gasteiger partial charge on any atom is -0.497 e. The number of amides is 1. The summed E-state index contributed by atoms with van der Waals surface area (Å²) in [6.07, 6.45) is 2.37. The fraction of sp³-hybridized carbons (Fsp3) is 0.125. The normalized spacial score (nSPS) is 11.8. The second-order valence-electron chi connectivity index (χ2n) is 7.57. The number of hydrogen-bond acceptors (Lipinski definition) is 5. The summed E-state index contributed by atoms with van der Waals surface area (Å²) >= 11 is 0. The highest BCUT2D eigenvalue weighted by molar-refractivity contribution is 7.89. The van der Waals surface area contributed by atoms with Crippen molar-refractivity contribution in [2.75, 3.05) is 7.11 Å². The molecule has 0 atom stereocenters. The van der Waals surface area contributed by atoms with Gasteiger partial charge in [0.15, 0.2) is 28.2 Å². The summed E-state index contributed by atoms with van der Waals surface area (Å²) in [4.78, 5) is 9.15. The molecule has 0 unspecified atom stereocenters. The number of benzene rings is 3. The van der Waals surface area contributed by atoms with E-state index in [9.17, 15) is 35.2 Å². The van der Waals surface area contributed by atoms with Crippen LogP contribution in [0.1, 0.15) is 16.7 Å². The van der Waals surface area contributed by atoms with Gasteiger partial charge in [-0.05, 0) is 34.9 Å². The molecule has 0 heterocycles. The third-order valence-corrected chi connectivity index (χ3v) is 6.97. The van der Waals surface area contributed by atoms with Crippen LogP contribution >= 0.6 is 0 Å². The van der Waals surface area contributed by atoms with Crippen molar-refractivity contribution in [3.05, 3.63) is 100 Å². The average molecular weight is 542 g/mol. The first-order chi connectivity index (χ1) is 17.5. The van der Waals surface area contributed by atoms with Crippen LogP contribution in [0.25, 0.3) is 6.08 Å². The van der Waals surface area contributed by atoms with E-state index in [0.29, 0.717) is 26.7 Å². The molecule has 0 fully saturated rings. The fourth-order valence-electron chi connectivity index (χ4n) is 3.25. The molecule has 1 amide bonds. The molecule has 2 N–H and O–H groups in total. The van der Waals surface area contributed by atoms with Gasteiger partial charge in [0, 0.05) is 19.2 Å². The van der Waals surface area contributed by atoms with Crippen molar-refractivity contribution in [1.29, 1.82) is 0 Å². The van der Waals surface area contributed by atoms with Gasteiger partial charge in [-0.2, -0.15) is 4.31 Å². The maximum Gasteiger partial charge on any atom is 0.267 e. The Morgan fingerprint density at radius 1 is 0.865 bits per heavy atom. The molecule has 0 spiro atoms. The highest BCUT2D eigenvalue weighted by Crippen LogP contribution is 2.31. The van der Waals surface area contributed by atoms with Gasteiger partial charge in [0.2, 0.25) is 15.8 Å². The minimum absolute atomic E-state index is 0.296. The van der Waals surface area contributed by atoms with Crippen molar-refractivity contribution in [3.63, 3.8) is 0 Å². The van der Waals surface area contributed by atoms with Crippen LogP contribution in [0, 0.1) is 29.1 Å². The summed E-state index contributed by atoms with van der Waals surface area (Å²) in [7, 11) is -3.85. The summed E-state index contributed by atoms with van der Waals surface area (Å²) in [6.45, 7) is -0.987. The van der Waals surface area contributed by atoms with Crippen LogP contribution in [-0.2, 0) is 27.9 Å². The molecule has 0 saturated carbocycles. The predicted octanol–water partition coefficient (Wildman–Crippen LogP) is 4.30. The Labute approximate surface area is 208 Å². The van der Waals surface area contributed by atoms with Crippen molar-refractivity contribution in [2.24, 2.45) is 0 Å². The topological polar surface area (TPSA) is 95.9 Å². The Morgan fingerprint density at radius 3 is 1.78 bits per heavy atom. The van der Waals surface area contributed by atoms with Gasteiger partial charge in [0.25, 0.3) is 5.91 Å². The zero-order chi connectivity index (χ0) is 27.3. The Morgan fingerprint density at radius 2 is 1.32 bits per heavy atom. The van der Waals surface area contributed by atoms with Crippen molar-refractivity contribution >= 4 is 22.0 Å². The number of hydroxylamine groups is 1. The number of carbonyl (C=O) groups is 1. The van der Waals surface area contributed by atoms with Crippen LogP contribution in [0.5, 0.6) is 5.75 Å². The molecule has 0 bridgehead atoms. The number of nitrogens with zero attached hydrogens (tertiary/aromatic N) is 1. The highest BCUT2D eigenvalue weighted by Gasteiger charge is 2.37. The van der Waals surface area contributed by atoms with Gasteiger partial charge in [0.05, 0.1) is 7.11 Å². The number of rotatable bonds is 9. The lowest BCUT2D eigenvalue weighted by atomic mass is 10.1. The van der Waals surface area contributed by atoms with Crippen LogP contribution in [0.2, 0.25) is 0 Å². The van der Waals surface area contributed by atoms with Gasteiger partial charge < -0.3 is 4.74 Å². The smallest absolute Gasteiger partial charge is 0.267 e. The monoisotopic (exact) mass is 542 g/mol. The van der Waals surface area contributed by atoms with Gasteiger partial charge >= 0.3 is 0 Å². The maximum absolute atomic E-state index is 14.5. The largest absolute Gasteiger partial charge is 0.497 e. The first-order valence-corrected chi connectivity index (χ1v) is 11.8. The number of nitrogens with one attached hydrogen (secondary N) is 1. The standard InChI is InChI=1S/C24H19F5N2O5S/c1-36-17-9-6-16(7-10-17)13-31(12-15-4-2-14(3-5-15)8-11-18(32)30-33)37(34,35)24-22(28)20(26)19(25)21(27)23(24)29/h2-11,33H,12-13H2,1H3,(H,30,32)/b11-8+. The van der Waals surface area contributed by atoms with Crippen molar-refractivity contribution < 1.29 is 45.1 Å². The molecular weight excluding hydrogens is 523 g/mol. The van der Waals surface area contributed by atoms with Gasteiger partial charge in [-0.15, -0.1) is 0 Å². The third kappa shape index (κ3) is 6.13. The number of sulfonamides is 1.